The molecule has 1 aromatic carbocycles. The molecule has 1 saturated heterocycles. The van der Waals surface area contributed by atoms with E-state index in [4.69, 9.17) is 28.2 Å². The number of hydrogen-bond donors (Lipinski definition) is 1. The second-order valence-electron chi connectivity index (χ2n) is 8.23. The van der Waals surface area contributed by atoms with Crippen molar-refractivity contribution in [3.8, 4) is 0 Å². The number of pyridine rings is 1. The zero-order chi connectivity index (χ0) is 23.7. The summed E-state index contributed by atoms with van der Waals surface area (Å²) in [7, 11) is 0. The topological polar surface area (TPSA) is 75.4 Å². The van der Waals surface area contributed by atoms with Gasteiger partial charge in [-0.2, -0.15) is 9.61 Å². The number of likely N-dealkylation sites (tertiary alicyclic amines) is 1. The number of halogens is 3. The van der Waals surface area contributed by atoms with Crippen LogP contribution in [0.4, 0.5) is 5.82 Å². The predicted molar refractivity (Wildman–Crippen MR) is 137 cm³/mol. The van der Waals surface area contributed by atoms with Gasteiger partial charge in [0.05, 0.1) is 10.7 Å². The van der Waals surface area contributed by atoms with Crippen molar-refractivity contribution in [2.75, 3.05) is 18.4 Å². The summed E-state index contributed by atoms with van der Waals surface area (Å²) in [5, 5.41) is 8.84. The minimum absolute atomic E-state index is 0.0522. The van der Waals surface area contributed by atoms with E-state index in [-0.39, 0.29) is 11.8 Å². The third-order valence-electron chi connectivity index (χ3n) is 5.95. The highest BCUT2D eigenvalue weighted by atomic mass is 79.9. The second kappa shape index (κ2) is 9.90. The molecule has 4 aromatic rings. The molecule has 1 aliphatic rings. The van der Waals surface area contributed by atoms with Gasteiger partial charge in [0.1, 0.15) is 5.82 Å². The third-order valence-corrected chi connectivity index (χ3v) is 6.95. The molecule has 174 valence electrons. The van der Waals surface area contributed by atoms with Crippen molar-refractivity contribution in [2.45, 2.75) is 25.3 Å². The number of anilines is 1. The molecule has 1 aliphatic heterocycles. The maximum absolute atomic E-state index is 13.0. The second-order valence-corrected chi connectivity index (χ2v) is 9.96. The van der Waals surface area contributed by atoms with Gasteiger partial charge >= 0.3 is 0 Å². The van der Waals surface area contributed by atoms with Crippen LogP contribution < -0.4 is 5.32 Å². The smallest absolute Gasteiger partial charge is 0.253 e. The third kappa shape index (κ3) is 4.89. The Bertz CT molecular complexity index is 1320. The first kappa shape index (κ1) is 23.1. The number of aromatic nitrogens is 4. The van der Waals surface area contributed by atoms with E-state index in [9.17, 15) is 4.79 Å². The van der Waals surface area contributed by atoms with Crippen LogP contribution in [-0.4, -0.2) is 43.5 Å². The largest absolute Gasteiger partial charge is 0.366 e. The number of nitrogens with zero attached hydrogens (tertiary/aromatic N) is 5. The first-order valence-corrected chi connectivity index (χ1v) is 12.4. The number of fused-ring (bicyclic) bond motifs is 1. The van der Waals surface area contributed by atoms with E-state index in [1.54, 1.807) is 35.1 Å². The fourth-order valence-corrected chi connectivity index (χ4v) is 5.10. The SMILES string of the molecule is O=C(c1cc(Cl)cc(Cl)c1)N1CCC(c2cc(NCc3cccnc3)n3ncc(Br)c3n2)CC1. The van der Waals surface area contributed by atoms with Crippen molar-refractivity contribution in [2.24, 2.45) is 0 Å². The zero-order valence-corrected chi connectivity index (χ0v) is 21.2. The molecule has 4 heterocycles. The molecule has 1 fully saturated rings. The fourth-order valence-electron chi connectivity index (χ4n) is 4.22. The van der Waals surface area contributed by atoms with Crippen LogP contribution in [0, 0.1) is 0 Å². The van der Waals surface area contributed by atoms with Gasteiger partial charge in [-0.05, 0) is 58.6 Å². The minimum Gasteiger partial charge on any atom is -0.366 e. The van der Waals surface area contributed by atoms with Gasteiger partial charge < -0.3 is 10.2 Å². The van der Waals surface area contributed by atoms with E-state index < -0.39 is 0 Å². The van der Waals surface area contributed by atoms with Gasteiger partial charge in [-0.25, -0.2) is 4.98 Å². The molecule has 0 aliphatic carbocycles. The highest BCUT2D eigenvalue weighted by molar-refractivity contribution is 9.10. The molecule has 0 atom stereocenters. The zero-order valence-electron chi connectivity index (χ0n) is 18.1. The number of amides is 1. The van der Waals surface area contributed by atoms with Crippen LogP contribution >= 0.6 is 39.1 Å². The van der Waals surface area contributed by atoms with Crippen molar-refractivity contribution in [3.05, 3.63) is 86.3 Å². The number of rotatable bonds is 5. The molecule has 3 aromatic heterocycles. The van der Waals surface area contributed by atoms with E-state index in [0.29, 0.717) is 35.2 Å². The summed E-state index contributed by atoms with van der Waals surface area (Å²) < 4.78 is 2.63. The summed E-state index contributed by atoms with van der Waals surface area (Å²) in [5.74, 6) is 1.04. The average molecular weight is 560 g/mol. The fraction of sp³-hybridized carbons (Fsp3) is 0.250. The summed E-state index contributed by atoms with van der Waals surface area (Å²) in [5.41, 5.74) is 3.34. The molecule has 0 radical (unpaired) electrons. The molecule has 1 N–H and O–H groups in total. The van der Waals surface area contributed by atoms with Crippen LogP contribution in [0.25, 0.3) is 5.65 Å². The standard InChI is InChI=1S/C24H21BrCl2N6O/c25-20-14-30-33-22(29-13-15-2-1-5-28-12-15)11-21(31-23(20)33)16-3-6-32(7-4-16)24(34)17-8-18(26)10-19(27)9-17/h1-2,5,8-12,14,16,29H,3-4,6-7,13H2. The molecular formula is C24H21BrCl2N6O. The van der Waals surface area contributed by atoms with Crippen LogP contribution in [0.1, 0.15) is 40.4 Å². The first-order valence-electron chi connectivity index (χ1n) is 10.9. The van der Waals surface area contributed by atoms with E-state index in [1.165, 1.54) is 0 Å². The molecule has 0 bridgehead atoms. The first-order chi connectivity index (χ1) is 16.5. The number of hydrogen-bond acceptors (Lipinski definition) is 5. The molecule has 0 spiro atoms. The molecule has 0 unspecified atom stereocenters. The summed E-state index contributed by atoms with van der Waals surface area (Å²) >= 11 is 15.7. The Morgan fingerprint density at radius 3 is 2.59 bits per heavy atom. The van der Waals surface area contributed by atoms with Crippen molar-refractivity contribution in [1.82, 2.24) is 24.5 Å². The highest BCUT2D eigenvalue weighted by Crippen LogP contribution is 2.31. The van der Waals surface area contributed by atoms with E-state index in [0.717, 1.165) is 40.0 Å². The van der Waals surface area contributed by atoms with Gasteiger partial charge in [-0.1, -0.05) is 29.3 Å². The van der Waals surface area contributed by atoms with Gasteiger partial charge in [0.15, 0.2) is 5.65 Å². The number of carbonyl (C=O) groups is 1. The Morgan fingerprint density at radius 2 is 1.88 bits per heavy atom. The van der Waals surface area contributed by atoms with Gasteiger partial charge in [0.25, 0.3) is 5.91 Å². The summed E-state index contributed by atoms with van der Waals surface area (Å²) in [6, 6.07) is 11.0. The lowest BCUT2D eigenvalue weighted by atomic mass is 9.92. The lowest BCUT2D eigenvalue weighted by Gasteiger charge is -2.32. The van der Waals surface area contributed by atoms with Gasteiger partial charge in [-0.3, -0.25) is 9.78 Å². The van der Waals surface area contributed by atoms with Crippen molar-refractivity contribution in [1.29, 1.82) is 0 Å². The molecule has 5 rings (SSSR count). The molecule has 7 nitrogen and oxygen atoms in total. The quantitative estimate of drug-likeness (QED) is 0.333. The number of carbonyl (C=O) groups excluding carboxylic acids is 1. The Morgan fingerprint density at radius 1 is 1.12 bits per heavy atom. The summed E-state index contributed by atoms with van der Waals surface area (Å²) in [4.78, 5) is 23.9. The molecule has 1 amide bonds. The molecular weight excluding hydrogens is 539 g/mol. The lowest BCUT2D eigenvalue weighted by Crippen LogP contribution is -2.38. The maximum Gasteiger partial charge on any atom is 0.253 e. The Balaban J connectivity index is 1.33. The van der Waals surface area contributed by atoms with E-state index >= 15 is 0 Å². The van der Waals surface area contributed by atoms with Gasteiger partial charge in [0, 0.05) is 65.3 Å². The lowest BCUT2D eigenvalue weighted by molar-refractivity contribution is 0.0712. The van der Waals surface area contributed by atoms with Crippen molar-refractivity contribution < 1.29 is 4.79 Å². The van der Waals surface area contributed by atoms with Crippen LogP contribution in [0.5, 0.6) is 0 Å². The highest BCUT2D eigenvalue weighted by Gasteiger charge is 2.27. The monoisotopic (exact) mass is 558 g/mol. The number of piperidine rings is 1. The van der Waals surface area contributed by atoms with Crippen molar-refractivity contribution in [3.63, 3.8) is 0 Å². The van der Waals surface area contributed by atoms with E-state index in [2.05, 4.69) is 37.4 Å². The predicted octanol–water partition coefficient (Wildman–Crippen LogP) is 5.83. The maximum atomic E-state index is 13.0. The molecule has 0 saturated carbocycles. The Hall–Kier alpha value is -2.68. The Labute approximate surface area is 215 Å². The summed E-state index contributed by atoms with van der Waals surface area (Å²) in [6.07, 6.45) is 6.98. The molecule has 34 heavy (non-hydrogen) atoms. The minimum atomic E-state index is -0.0522. The molecule has 10 heteroatoms. The van der Waals surface area contributed by atoms with Crippen LogP contribution in [0.15, 0.2) is 59.5 Å². The van der Waals surface area contributed by atoms with Crippen molar-refractivity contribution >= 4 is 56.5 Å². The number of benzene rings is 1. The Kier molecular flexibility index (Phi) is 6.72. The normalized spacial score (nSPS) is 14.5. The van der Waals surface area contributed by atoms with Crippen LogP contribution in [-0.2, 0) is 6.54 Å². The van der Waals surface area contributed by atoms with Gasteiger partial charge in [0.2, 0.25) is 0 Å². The van der Waals surface area contributed by atoms with E-state index in [1.807, 2.05) is 23.2 Å². The van der Waals surface area contributed by atoms with Crippen LogP contribution in [0.2, 0.25) is 10.0 Å². The van der Waals surface area contributed by atoms with Crippen LogP contribution in [0.3, 0.4) is 0 Å². The average Bonchev–Trinajstić information content (AvgIpc) is 3.23. The number of nitrogens with one attached hydrogen (secondary N) is 1. The van der Waals surface area contributed by atoms with Gasteiger partial charge in [-0.15, -0.1) is 0 Å². The summed E-state index contributed by atoms with van der Waals surface area (Å²) in [6.45, 7) is 1.90.